The highest BCUT2D eigenvalue weighted by molar-refractivity contribution is 6.39. The summed E-state index contributed by atoms with van der Waals surface area (Å²) in [5.41, 5.74) is 0. The zero-order valence-electron chi connectivity index (χ0n) is 9.27. The Labute approximate surface area is 82.6 Å². The normalized spacial score (nSPS) is 13.5. The van der Waals surface area contributed by atoms with E-state index in [1.54, 1.807) is 12.1 Å². The summed E-state index contributed by atoms with van der Waals surface area (Å²) in [6.07, 6.45) is 1.33. The van der Waals surface area contributed by atoms with E-state index >= 15 is 0 Å². The average molecular weight is 203 g/mol. The molecule has 3 heteroatoms. The van der Waals surface area contributed by atoms with Crippen molar-refractivity contribution < 1.29 is 0 Å². The van der Waals surface area contributed by atoms with Crippen LogP contribution < -0.4 is 0 Å². The van der Waals surface area contributed by atoms with Crippen LogP contribution in [0.5, 0.6) is 0 Å². The Morgan fingerprint density at radius 3 is 2.33 bits per heavy atom. The molecule has 0 saturated carbocycles. The van der Waals surface area contributed by atoms with Crippen molar-refractivity contribution in [1.29, 1.82) is 0 Å². The van der Waals surface area contributed by atoms with Crippen molar-refractivity contribution in [3.05, 3.63) is 0 Å². The highest BCUT2D eigenvalue weighted by Gasteiger charge is 2.06. The molecule has 0 rings (SSSR count). The molecule has 0 aliphatic rings. The average Bonchev–Trinajstić information content (AvgIpc) is 2.03. The molecule has 0 amide bonds. The Balaban J connectivity index is 3.49. The van der Waals surface area contributed by atoms with E-state index in [0.717, 1.165) is 6.04 Å². The minimum Gasteiger partial charge on any atom is -0.327 e. The van der Waals surface area contributed by atoms with E-state index in [9.17, 15) is 0 Å². The van der Waals surface area contributed by atoms with Gasteiger partial charge in [0.2, 0.25) is 0 Å². The maximum atomic E-state index is 2.74. The highest BCUT2D eigenvalue weighted by Crippen LogP contribution is 2.01. The number of rotatable bonds is 7. The van der Waals surface area contributed by atoms with E-state index in [1.807, 2.05) is 0 Å². The van der Waals surface area contributed by atoms with E-state index in [-0.39, 0.29) is 9.68 Å². The fourth-order valence-electron chi connectivity index (χ4n) is 1.48. The quantitative estimate of drug-likeness (QED) is 0.445. The van der Waals surface area contributed by atoms with Crippen LogP contribution in [0, 0.1) is 0 Å². The lowest BCUT2D eigenvalue weighted by Crippen LogP contribution is -2.34. The van der Waals surface area contributed by atoms with Gasteiger partial charge in [-0.15, -0.1) is 0 Å². The number of nitrogens with zero attached hydrogens (tertiary/aromatic N) is 1. The molecule has 0 aliphatic carbocycles. The predicted molar refractivity (Wildman–Crippen MR) is 64.7 cm³/mol. The maximum Gasteiger partial charge on any atom is 0.0950 e. The summed E-state index contributed by atoms with van der Waals surface area (Å²) in [5, 5.41) is 0. The van der Waals surface area contributed by atoms with Crippen LogP contribution in [0.15, 0.2) is 0 Å². The van der Waals surface area contributed by atoms with Gasteiger partial charge in [0.15, 0.2) is 0 Å². The summed E-state index contributed by atoms with van der Waals surface area (Å²) in [7, 11) is 0.464. The van der Waals surface area contributed by atoms with E-state index in [2.05, 4.69) is 31.9 Å². The van der Waals surface area contributed by atoms with Gasteiger partial charge in [-0.3, -0.25) is 0 Å². The summed E-state index contributed by atoms with van der Waals surface area (Å²) in [6, 6.07) is 3.95. The fourth-order valence-corrected chi connectivity index (χ4v) is 5.84. The van der Waals surface area contributed by atoms with Crippen molar-refractivity contribution in [2.24, 2.45) is 0 Å². The first-order chi connectivity index (χ1) is 5.72. The van der Waals surface area contributed by atoms with E-state index in [1.165, 1.54) is 13.0 Å². The standard InChI is InChI=1S/C9H25NSi2/c1-5-6-10(9(2)3)12-8-7-11-4/h9H,5-8,11-12H2,1-4H3. The Morgan fingerprint density at radius 2 is 1.92 bits per heavy atom. The summed E-state index contributed by atoms with van der Waals surface area (Å²) < 4.78 is 2.74. The lowest BCUT2D eigenvalue weighted by Gasteiger charge is -2.25. The second-order valence-electron chi connectivity index (χ2n) is 3.84. The number of hydrogen-bond donors (Lipinski definition) is 0. The summed E-state index contributed by atoms with van der Waals surface area (Å²) in [4.78, 5) is 0. The first-order valence-corrected chi connectivity index (χ1v) is 9.51. The molecule has 1 nitrogen and oxygen atoms in total. The van der Waals surface area contributed by atoms with Crippen molar-refractivity contribution in [3.8, 4) is 0 Å². The van der Waals surface area contributed by atoms with Crippen molar-refractivity contribution >= 4 is 19.2 Å². The smallest absolute Gasteiger partial charge is 0.0950 e. The molecule has 0 radical (unpaired) electrons. The molecule has 0 aromatic rings. The Kier molecular flexibility index (Phi) is 8.28. The van der Waals surface area contributed by atoms with Gasteiger partial charge in [-0.25, -0.2) is 0 Å². The highest BCUT2D eigenvalue weighted by atomic mass is 28.2. The molecule has 0 aliphatic heterocycles. The molecule has 0 heterocycles. The SMILES string of the molecule is CCCN([SiH2]CC[SiH2]C)C(C)C. The molecular formula is C9H25NSi2. The van der Waals surface area contributed by atoms with Crippen molar-refractivity contribution in [2.45, 2.75) is 51.9 Å². The summed E-state index contributed by atoms with van der Waals surface area (Å²) >= 11 is 0. The van der Waals surface area contributed by atoms with Gasteiger partial charge >= 0.3 is 0 Å². The largest absolute Gasteiger partial charge is 0.327 e. The predicted octanol–water partition coefficient (Wildman–Crippen LogP) is 1.24. The monoisotopic (exact) mass is 203 g/mol. The molecule has 0 aromatic heterocycles. The first-order valence-electron chi connectivity index (χ1n) is 5.46. The van der Waals surface area contributed by atoms with Gasteiger partial charge in [-0.2, -0.15) is 0 Å². The maximum absolute atomic E-state index is 2.74. The molecule has 0 fully saturated rings. The molecule has 0 aromatic carbocycles. The summed E-state index contributed by atoms with van der Waals surface area (Å²) in [6.45, 7) is 10.7. The van der Waals surface area contributed by atoms with Gasteiger partial charge in [0, 0.05) is 9.52 Å². The van der Waals surface area contributed by atoms with Crippen LogP contribution >= 0.6 is 0 Å². The van der Waals surface area contributed by atoms with Gasteiger partial charge in [0.25, 0.3) is 0 Å². The Bertz CT molecular complexity index is 96.5. The fraction of sp³-hybridized carbons (Fsp3) is 1.00. The van der Waals surface area contributed by atoms with Crippen LogP contribution in [0.2, 0.25) is 18.6 Å². The van der Waals surface area contributed by atoms with Gasteiger partial charge in [0.05, 0.1) is 9.68 Å². The third-order valence-electron chi connectivity index (χ3n) is 2.29. The van der Waals surface area contributed by atoms with Gasteiger partial charge < -0.3 is 4.57 Å². The van der Waals surface area contributed by atoms with Gasteiger partial charge in [-0.1, -0.05) is 39.4 Å². The lowest BCUT2D eigenvalue weighted by molar-refractivity contribution is 0.371. The zero-order valence-corrected chi connectivity index (χ0v) is 12.1. The topological polar surface area (TPSA) is 3.24 Å². The van der Waals surface area contributed by atoms with Crippen LogP contribution in [0.1, 0.15) is 27.2 Å². The third-order valence-corrected chi connectivity index (χ3v) is 6.93. The van der Waals surface area contributed by atoms with Crippen LogP contribution in [0.4, 0.5) is 0 Å². The van der Waals surface area contributed by atoms with Crippen molar-refractivity contribution in [2.75, 3.05) is 6.54 Å². The van der Waals surface area contributed by atoms with Crippen molar-refractivity contribution in [3.63, 3.8) is 0 Å². The third kappa shape index (κ3) is 5.97. The van der Waals surface area contributed by atoms with E-state index < -0.39 is 0 Å². The number of hydrogen-bond acceptors (Lipinski definition) is 1. The molecule has 12 heavy (non-hydrogen) atoms. The molecule has 0 N–H and O–H groups in total. The molecule has 0 spiro atoms. The van der Waals surface area contributed by atoms with Gasteiger partial charge in [0.1, 0.15) is 0 Å². The molecule has 0 bridgehead atoms. The minimum absolute atomic E-state index is 0.124. The van der Waals surface area contributed by atoms with E-state index in [0.29, 0.717) is 9.52 Å². The van der Waals surface area contributed by atoms with Crippen LogP contribution in [-0.2, 0) is 0 Å². The molecule has 0 unspecified atom stereocenters. The van der Waals surface area contributed by atoms with E-state index in [4.69, 9.17) is 0 Å². The Hall–Kier alpha value is 0.394. The van der Waals surface area contributed by atoms with Gasteiger partial charge in [-0.05, 0) is 19.0 Å². The second-order valence-corrected chi connectivity index (χ2v) is 7.51. The Morgan fingerprint density at radius 1 is 1.25 bits per heavy atom. The second kappa shape index (κ2) is 8.01. The molecule has 74 valence electrons. The zero-order chi connectivity index (χ0) is 9.40. The summed E-state index contributed by atoms with van der Waals surface area (Å²) in [5.74, 6) is 0. The van der Waals surface area contributed by atoms with Crippen molar-refractivity contribution in [1.82, 2.24) is 4.57 Å². The first kappa shape index (κ1) is 12.4. The molecule has 0 saturated heterocycles. The van der Waals surface area contributed by atoms with Crippen LogP contribution in [0.25, 0.3) is 0 Å². The molecular weight excluding hydrogens is 178 g/mol. The van der Waals surface area contributed by atoms with Crippen LogP contribution in [-0.4, -0.2) is 36.4 Å². The lowest BCUT2D eigenvalue weighted by atomic mass is 10.4. The van der Waals surface area contributed by atoms with Crippen LogP contribution in [0.3, 0.4) is 0 Å². The molecule has 0 atom stereocenters. The minimum atomic E-state index is 0.124.